The maximum atomic E-state index is 11.8. The van der Waals surface area contributed by atoms with Crippen molar-refractivity contribution in [2.45, 2.75) is 25.4 Å². The SMILES string of the molecule is O=C(NCC[C@H]1CCCO1)c1cncc(Br)c1. The molecule has 0 spiro atoms. The molecule has 1 aromatic rings. The normalized spacial score (nSPS) is 19.2. The molecule has 4 nitrogen and oxygen atoms in total. The second-order valence-electron chi connectivity index (χ2n) is 4.07. The molecule has 1 aliphatic rings. The molecule has 0 saturated carbocycles. The molecule has 0 bridgehead atoms. The number of hydrogen-bond donors (Lipinski definition) is 1. The number of halogens is 1. The van der Waals surface area contributed by atoms with Crippen LogP contribution in [0.25, 0.3) is 0 Å². The Hall–Kier alpha value is -0.940. The van der Waals surface area contributed by atoms with E-state index in [0.29, 0.717) is 18.2 Å². The molecule has 2 rings (SSSR count). The zero-order chi connectivity index (χ0) is 12.1. The van der Waals surface area contributed by atoms with Crippen LogP contribution in [0.5, 0.6) is 0 Å². The molecule has 1 N–H and O–H groups in total. The molecular weight excluding hydrogens is 284 g/mol. The highest BCUT2D eigenvalue weighted by Crippen LogP contribution is 2.14. The van der Waals surface area contributed by atoms with Crippen molar-refractivity contribution in [2.24, 2.45) is 0 Å². The fourth-order valence-corrected chi connectivity index (χ4v) is 2.22. The van der Waals surface area contributed by atoms with Gasteiger partial charge in [-0.1, -0.05) is 0 Å². The summed E-state index contributed by atoms with van der Waals surface area (Å²) in [7, 11) is 0. The van der Waals surface area contributed by atoms with Gasteiger partial charge in [0.1, 0.15) is 0 Å². The molecule has 2 heterocycles. The third kappa shape index (κ3) is 3.78. The summed E-state index contributed by atoms with van der Waals surface area (Å²) in [6, 6.07) is 1.76. The number of hydrogen-bond acceptors (Lipinski definition) is 3. The summed E-state index contributed by atoms with van der Waals surface area (Å²) in [4.78, 5) is 15.7. The van der Waals surface area contributed by atoms with Crippen molar-refractivity contribution in [1.29, 1.82) is 0 Å². The van der Waals surface area contributed by atoms with E-state index in [4.69, 9.17) is 4.74 Å². The zero-order valence-electron chi connectivity index (χ0n) is 9.49. The average molecular weight is 299 g/mol. The summed E-state index contributed by atoms with van der Waals surface area (Å²) in [5.41, 5.74) is 0.576. The number of ether oxygens (including phenoxy) is 1. The molecule has 0 radical (unpaired) electrons. The van der Waals surface area contributed by atoms with Crippen LogP contribution in [0.15, 0.2) is 22.9 Å². The molecule has 0 aliphatic carbocycles. The van der Waals surface area contributed by atoms with Crippen LogP contribution in [-0.2, 0) is 4.74 Å². The third-order valence-electron chi connectivity index (χ3n) is 2.74. The molecule has 1 aromatic heterocycles. The second-order valence-corrected chi connectivity index (χ2v) is 4.99. The Kier molecular flexibility index (Phi) is 4.50. The van der Waals surface area contributed by atoms with Crippen LogP contribution in [0.1, 0.15) is 29.6 Å². The zero-order valence-corrected chi connectivity index (χ0v) is 11.1. The molecule has 1 atom stereocenters. The molecular formula is C12H15BrN2O2. The molecule has 92 valence electrons. The van der Waals surface area contributed by atoms with Crippen molar-refractivity contribution in [1.82, 2.24) is 10.3 Å². The average Bonchev–Trinajstić information content (AvgIpc) is 2.82. The maximum Gasteiger partial charge on any atom is 0.252 e. The van der Waals surface area contributed by atoms with Crippen molar-refractivity contribution < 1.29 is 9.53 Å². The first-order valence-electron chi connectivity index (χ1n) is 5.76. The fourth-order valence-electron chi connectivity index (χ4n) is 1.86. The predicted octanol–water partition coefficient (Wildman–Crippen LogP) is 2.14. The summed E-state index contributed by atoms with van der Waals surface area (Å²) in [6.45, 7) is 1.50. The first-order chi connectivity index (χ1) is 8.25. The van der Waals surface area contributed by atoms with Crippen molar-refractivity contribution in [3.8, 4) is 0 Å². The van der Waals surface area contributed by atoms with Crippen molar-refractivity contribution >= 4 is 21.8 Å². The number of nitrogens with zero attached hydrogens (tertiary/aromatic N) is 1. The van der Waals surface area contributed by atoms with Gasteiger partial charge in [-0.25, -0.2) is 0 Å². The lowest BCUT2D eigenvalue weighted by Crippen LogP contribution is -2.27. The Balaban J connectivity index is 1.77. The van der Waals surface area contributed by atoms with E-state index in [1.54, 1.807) is 18.5 Å². The molecule has 17 heavy (non-hydrogen) atoms. The molecule has 1 amide bonds. The van der Waals surface area contributed by atoms with Crippen LogP contribution in [0, 0.1) is 0 Å². The van der Waals surface area contributed by atoms with E-state index in [1.807, 2.05) is 0 Å². The minimum atomic E-state index is -0.0863. The Morgan fingerprint density at radius 1 is 1.59 bits per heavy atom. The molecule has 1 fully saturated rings. The van der Waals surface area contributed by atoms with Gasteiger partial charge in [-0.15, -0.1) is 0 Å². The summed E-state index contributed by atoms with van der Waals surface area (Å²) < 4.78 is 6.30. The van der Waals surface area contributed by atoms with Gasteiger partial charge in [-0.3, -0.25) is 9.78 Å². The van der Waals surface area contributed by atoms with Gasteiger partial charge in [-0.05, 0) is 41.3 Å². The number of pyridine rings is 1. The minimum absolute atomic E-state index is 0.0863. The van der Waals surface area contributed by atoms with Gasteiger partial charge in [0.2, 0.25) is 0 Å². The smallest absolute Gasteiger partial charge is 0.252 e. The predicted molar refractivity (Wildman–Crippen MR) is 67.9 cm³/mol. The van der Waals surface area contributed by atoms with E-state index in [0.717, 1.165) is 30.3 Å². The lowest BCUT2D eigenvalue weighted by atomic mass is 10.2. The van der Waals surface area contributed by atoms with Gasteiger partial charge < -0.3 is 10.1 Å². The van der Waals surface area contributed by atoms with Crippen molar-refractivity contribution in [3.05, 3.63) is 28.5 Å². The molecule has 0 unspecified atom stereocenters. The number of nitrogens with one attached hydrogen (secondary N) is 1. The number of amides is 1. The van der Waals surface area contributed by atoms with Gasteiger partial charge in [-0.2, -0.15) is 0 Å². The van der Waals surface area contributed by atoms with E-state index in [2.05, 4.69) is 26.2 Å². The molecule has 1 saturated heterocycles. The van der Waals surface area contributed by atoms with Crippen molar-refractivity contribution in [3.63, 3.8) is 0 Å². The lowest BCUT2D eigenvalue weighted by Gasteiger charge is -2.10. The molecule has 5 heteroatoms. The summed E-state index contributed by atoms with van der Waals surface area (Å²) >= 11 is 3.29. The van der Waals surface area contributed by atoms with Crippen LogP contribution in [0.3, 0.4) is 0 Å². The lowest BCUT2D eigenvalue weighted by molar-refractivity contribution is 0.0907. The van der Waals surface area contributed by atoms with Gasteiger partial charge in [0.05, 0.1) is 11.7 Å². The van der Waals surface area contributed by atoms with Crippen LogP contribution >= 0.6 is 15.9 Å². The standard InChI is InChI=1S/C12H15BrN2O2/c13-10-6-9(7-14-8-10)12(16)15-4-3-11-2-1-5-17-11/h6-8,11H,1-5H2,(H,15,16)/t11-/m1/s1. The monoisotopic (exact) mass is 298 g/mol. The van der Waals surface area contributed by atoms with Crippen LogP contribution in [0.2, 0.25) is 0 Å². The quantitative estimate of drug-likeness (QED) is 0.926. The Bertz CT molecular complexity index is 392. The fraction of sp³-hybridized carbons (Fsp3) is 0.500. The first kappa shape index (κ1) is 12.5. The van der Waals surface area contributed by atoms with E-state index >= 15 is 0 Å². The number of aromatic nitrogens is 1. The number of carbonyl (C=O) groups is 1. The van der Waals surface area contributed by atoms with Gasteiger partial charge >= 0.3 is 0 Å². The van der Waals surface area contributed by atoms with E-state index in [-0.39, 0.29) is 5.91 Å². The van der Waals surface area contributed by atoms with Gasteiger partial charge in [0.15, 0.2) is 0 Å². The third-order valence-corrected chi connectivity index (χ3v) is 3.18. The van der Waals surface area contributed by atoms with E-state index < -0.39 is 0 Å². The van der Waals surface area contributed by atoms with Gasteiger partial charge in [0, 0.05) is 30.0 Å². The van der Waals surface area contributed by atoms with Crippen LogP contribution in [0.4, 0.5) is 0 Å². The van der Waals surface area contributed by atoms with E-state index in [9.17, 15) is 4.79 Å². The largest absolute Gasteiger partial charge is 0.378 e. The minimum Gasteiger partial charge on any atom is -0.378 e. The summed E-state index contributed by atoms with van der Waals surface area (Å²) in [5, 5.41) is 2.87. The highest BCUT2D eigenvalue weighted by molar-refractivity contribution is 9.10. The van der Waals surface area contributed by atoms with Crippen LogP contribution in [-0.4, -0.2) is 30.1 Å². The van der Waals surface area contributed by atoms with Crippen LogP contribution < -0.4 is 5.32 Å². The highest BCUT2D eigenvalue weighted by Gasteiger charge is 2.15. The number of carbonyl (C=O) groups excluding carboxylic acids is 1. The first-order valence-corrected chi connectivity index (χ1v) is 6.55. The Morgan fingerprint density at radius 3 is 3.18 bits per heavy atom. The second kappa shape index (κ2) is 6.12. The number of rotatable bonds is 4. The Morgan fingerprint density at radius 2 is 2.47 bits per heavy atom. The summed E-state index contributed by atoms with van der Waals surface area (Å²) in [6.07, 6.45) is 6.65. The van der Waals surface area contributed by atoms with E-state index in [1.165, 1.54) is 0 Å². The highest BCUT2D eigenvalue weighted by atomic mass is 79.9. The topological polar surface area (TPSA) is 51.2 Å². The maximum absolute atomic E-state index is 11.8. The molecule has 1 aliphatic heterocycles. The molecule has 0 aromatic carbocycles. The summed E-state index contributed by atoms with van der Waals surface area (Å²) in [5.74, 6) is -0.0863. The van der Waals surface area contributed by atoms with Gasteiger partial charge in [0.25, 0.3) is 5.91 Å². The van der Waals surface area contributed by atoms with Crippen molar-refractivity contribution in [2.75, 3.05) is 13.2 Å². The Labute approximate surface area is 109 Å².